The molecular formula is C34H34N4O4. The van der Waals surface area contributed by atoms with Crippen molar-refractivity contribution >= 4 is 44.9 Å². The molecule has 0 spiro atoms. The van der Waals surface area contributed by atoms with E-state index in [1.807, 2.05) is 26.2 Å². The zero-order valence-corrected chi connectivity index (χ0v) is 24.3. The molecule has 0 saturated heterocycles. The van der Waals surface area contributed by atoms with Gasteiger partial charge in [0.25, 0.3) is 0 Å². The van der Waals surface area contributed by atoms with Gasteiger partial charge < -0.3 is 19.4 Å². The maximum absolute atomic E-state index is 14.3. The first-order valence-electron chi connectivity index (χ1n) is 14.5. The molecule has 8 nitrogen and oxygen atoms in total. The maximum atomic E-state index is 14.3. The lowest BCUT2D eigenvalue weighted by Crippen LogP contribution is -2.65. The number of nitrogens with zero attached hydrogens (tertiary/aromatic N) is 2. The van der Waals surface area contributed by atoms with E-state index >= 15 is 0 Å². The van der Waals surface area contributed by atoms with Gasteiger partial charge in [0.2, 0.25) is 0 Å². The molecular weight excluding hydrogens is 528 g/mol. The van der Waals surface area contributed by atoms with E-state index in [0.29, 0.717) is 13.1 Å². The lowest BCUT2D eigenvalue weighted by atomic mass is 9.56. The van der Waals surface area contributed by atoms with Crippen LogP contribution in [0.15, 0.2) is 60.9 Å². The Bertz CT molecular complexity index is 1740. The van der Waals surface area contributed by atoms with Crippen molar-refractivity contribution < 1.29 is 19.1 Å². The van der Waals surface area contributed by atoms with E-state index in [1.54, 1.807) is 0 Å². The molecule has 4 aromatic rings. The topological polar surface area (TPSA) is 90.7 Å². The molecule has 0 unspecified atom stereocenters. The molecule has 4 atom stereocenters. The smallest absolute Gasteiger partial charge is 0.318 e. The Kier molecular flexibility index (Phi) is 5.29. The normalized spacial score (nSPS) is 28.6. The van der Waals surface area contributed by atoms with Gasteiger partial charge in [0.15, 0.2) is 0 Å². The Balaban J connectivity index is 1.43. The SMILES string of the molecule is COC(=O)[C@@]1([C@]2(C(=O)OC)C=C3c4cccc5[nH]cc(c45)C[C@H]3N(C)C2)C=C2c3cccc4[nH]cc(c34)C[C@H]2N(C)C1. The fourth-order valence-electron chi connectivity index (χ4n) is 8.59. The number of fused-ring (bicyclic) bond motifs is 4. The summed E-state index contributed by atoms with van der Waals surface area (Å²) in [7, 11) is 6.94. The molecule has 0 saturated carbocycles. The minimum atomic E-state index is -1.33. The van der Waals surface area contributed by atoms with Crippen LogP contribution >= 0.6 is 0 Å². The summed E-state index contributed by atoms with van der Waals surface area (Å²) in [5, 5.41) is 2.36. The van der Waals surface area contributed by atoms with Gasteiger partial charge in [0.1, 0.15) is 10.8 Å². The molecule has 2 N–H and O–H groups in total. The van der Waals surface area contributed by atoms with E-state index < -0.39 is 22.8 Å². The zero-order chi connectivity index (χ0) is 29.0. The largest absolute Gasteiger partial charge is 0.468 e. The van der Waals surface area contributed by atoms with Crippen LogP contribution in [0.1, 0.15) is 22.3 Å². The van der Waals surface area contributed by atoms with Gasteiger partial charge in [-0.2, -0.15) is 0 Å². The Labute approximate surface area is 244 Å². The van der Waals surface area contributed by atoms with Crippen LogP contribution in [-0.4, -0.2) is 85.2 Å². The third kappa shape index (κ3) is 3.08. The summed E-state index contributed by atoms with van der Waals surface area (Å²) in [6.07, 6.45) is 9.97. The number of carbonyl (C=O) groups excluding carboxylic acids is 2. The van der Waals surface area contributed by atoms with Crippen LogP contribution in [-0.2, 0) is 31.9 Å². The third-order valence-corrected chi connectivity index (χ3v) is 10.5. The second-order valence-corrected chi connectivity index (χ2v) is 12.5. The molecule has 0 fully saturated rings. The van der Waals surface area contributed by atoms with Crippen LogP contribution in [0.5, 0.6) is 0 Å². The van der Waals surface area contributed by atoms with E-state index in [9.17, 15) is 9.59 Å². The van der Waals surface area contributed by atoms with Gasteiger partial charge in [-0.05, 0) is 72.5 Å². The average molecular weight is 563 g/mol. The highest BCUT2D eigenvalue weighted by atomic mass is 16.5. The number of rotatable bonds is 3. The highest BCUT2D eigenvalue weighted by Crippen LogP contribution is 2.56. The van der Waals surface area contributed by atoms with Gasteiger partial charge in [-0.1, -0.05) is 36.4 Å². The Morgan fingerprint density at radius 1 is 0.738 bits per heavy atom. The van der Waals surface area contributed by atoms with Crippen molar-refractivity contribution in [2.24, 2.45) is 10.8 Å². The molecule has 2 aromatic carbocycles. The van der Waals surface area contributed by atoms with Crippen molar-refractivity contribution in [2.45, 2.75) is 24.9 Å². The van der Waals surface area contributed by atoms with E-state index in [2.05, 4.69) is 68.6 Å². The lowest BCUT2D eigenvalue weighted by molar-refractivity contribution is -0.173. The van der Waals surface area contributed by atoms with Gasteiger partial charge in [0, 0.05) is 59.4 Å². The number of methoxy groups -OCH3 is 2. The zero-order valence-electron chi connectivity index (χ0n) is 24.3. The molecule has 2 aliphatic carbocycles. The molecule has 214 valence electrons. The summed E-state index contributed by atoms with van der Waals surface area (Å²) < 4.78 is 11.2. The number of hydrogen-bond donors (Lipinski definition) is 2. The number of benzene rings is 2. The van der Waals surface area contributed by atoms with Gasteiger partial charge in [0.05, 0.1) is 14.2 Å². The Morgan fingerprint density at radius 2 is 1.17 bits per heavy atom. The van der Waals surface area contributed by atoms with Gasteiger partial charge in [-0.3, -0.25) is 19.4 Å². The van der Waals surface area contributed by atoms with Crippen molar-refractivity contribution in [1.29, 1.82) is 0 Å². The fraction of sp³-hybridized carbons (Fsp3) is 0.353. The number of esters is 2. The second kappa shape index (κ2) is 8.69. The fourth-order valence-corrected chi connectivity index (χ4v) is 8.59. The van der Waals surface area contributed by atoms with Gasteiger partial charge in [-0.15, -0.1) is 0 Å². The minimum Gasteiger partial charge on any atom is -0.468 e. The maximum Gasteiger partial charge on any atom is 0.318 e. The van der Waals surface area contributed by atoms with Crippen molar-refractivity contribution in [3.8, 4) is 0 Å². The first kappa shape index (κ1) is 25.6. The molecule has 4 aliphatic rings. The summed E-state index contributed by atoms with van der Waals surface area (Å²) in [5.41, 5.74) is 6.30. The quantitative estimate of drug-likeness (QED) is 0.364. The number of nitrogens with one attached hydrogen (secondary N) is 2. The molecule has 2 aliphatic heterocycles. The molecule has 4 heterocycles. The summed E-state index contributed by atoms with van der Waals surface area (Å²) >= 11 is 0. The summed E-state index contributed by atoms with van der Waals surface area (Å²) in [4.78, 5) is 39.9. The van der Waals surface area contributed by atoms with Crippen LogP contribution in [0.25, 0.3) is 33.0 Å². The van der Waals surface area contributed by atoms with E-state index in [0.717, 1.165) is 46.1 Å². The third-order valence-electron chi connectivity index (χ3n) is 10.5. The van der Waals surface area contributed by atoms with E-state index in [1.165, 1.54) is 36.1 Å². The first-order valence-corrected chi connectivity index (χ1v) is 14.5. The molecule has 0 amide bonds. The molecule has 42 heavy (non-hydrogen) atoms. The summed E-state index contributed by atoms with van der Waals surface area (Å²) in [6, 6.07) is 12.6. The molecule has 0 radical (unpaired) electrons. The standard InChI is InChI=1S/C34H34N4O4/c1-37-17-33(31(39)41-3,13-23-21-7-5-9-25-29(21)19(15-35-25)11-27(23)37)34(32(40)42-4)14-24-22-8-6-10-26-30(22)20(16-36-26)12-28(24)38(2)18-34/h5-10,13-16,27-28,35-36H,11-12,17-18H2,1-4H3/t27-,28-,33-,34-/m1/s1. The van der Waals surface area contributed by atoms with Crippen LogP contribution in [0, 0.1) is 10.8 Å². The first-order chi connectivity index (χ1) is 20.3. The molecule has 8 heteroatoms. The van der Waals surface area contributed by atoms with Crippen LogP contribution in [0.4, 0.5) is 0 Å². The molecule has 8 rings (SSSR count). The number of likely N-dealkylation sites (N-methyl/N-ethyl adjacent to an activating group) is 2. The second-order valence-electron chi connectivity index (χ2n) is 12.5. The number of ether oxygens (including phenoxy) is 2. The average Bonchev–Trinajstić information content (AvgIpc) is 3.63. The van der Waals surface area contributed by atoms with E-state index in [-0.39, 0.29) is 12.1 Å². The number of aromatic amines is 2. The predicted octanol–water partition coefficient (Wildman–Crippen LogP) is 4.18. The van der Waals surface area contributed by atoms with Crippen molar-refractivity contribution in [1.82, 2.24) is 19.8 Å². The lowest BCUT2D eigenvalue weighted by Gasteiger charge is -2.54. The number of H-pyrrole nitrogens is 2. The summed E-state index contributed by atoms with van der Waals surface area (Å²) in [6.45, 7) is 0.640. The van der Waals surface area contributed by atoms with Crippen molar-refractivity contribution in [3.05, 3.63) is 83.2 Å². The summed E-state index contributed by atoms with van der Waals surface area (Å²) in [5.74, 6) is -0.865. The van der Waals surface area contributed by atoms with Crippen LogP contribution in [0.2, 0.25) is 0 Å². The van der Waals surface area contributed by atoms with Crippen molar-refractivity contribution in [3.63, 3.8) is 0 Å². The van der Waals surface area contributed by atoms with Crippen LogP contribution in [0.3, 0.4) is 0 Å². The Morgan fingerprint density at radius 3 is 1.57 bits per heavy atom. The van der Waals surface area contributed by atoms with E-state index in [4.69, 9.17) is 9.47 Å². The van der Waals surface area contributed by atoms with Crippen LogP contribution < -0.4 is 0 Å². The highest BCUT2D eigenvalue weighted by molar-refractivity contribution is 6.04. The highest BCUT2D eigenvalue weighted by Gasteiger charge is 2.65. The van der Waals surface area contributed by atoms with Crippen molar-refractivity contribution in [2.75, 3.05) is 41.4 Å². The predicted molar refractivity (Wildman–Crippen MR) is 162 cm³/mol. The Hall–Kier alpha value is -4.14. The monoisotopic (exact) mass is 562 g/mol. The molecule has 2 aromatic heterocycles. The van der Waals surface area contributed by atoms with Gasteiger partial charge in [-0.25, -0.2) is 0 Å². The van der Waals surface area contributed by atoms with Gasteiger partial charge >= 0.3 is 11.9 Å². The number of hydrogen-bond acceptors (Lipinski definition) is 6. The number of carbonyl (C=O) groups is 2. The minimum absolute atomic E-state index is 0.0685. The molecule has 0 bridgehead atoms. The number of aromatic nitrogens is 2.